The Morgan fingerprint density at radius 2 is 2.33 bits per heavy atom. The van der Waals surface area contributed by atoms with Crippen LogP contribution in [0, 0.1) is 18.3 Å². The van der Waals surface area contributed by atoms with E-state index in [1.807, 2.05) is 13.0 Å². The number of pyridine rings is 1. The van der Waals surface area contributed by atoms with Crippen LogP contribution in [0.4, 0.5) is 0 Å². The number of hydrogen-bond acceptors (Lipinski definition) is 3. The molecule has 0 aliphatic heterocycles. The molecule has 0 spiro atoms. The highest BCUT2D eigenvalue weighted by Crippen LogP contribution is 2.30. The summed E-state index contributed by atoms with van der Waals surface area (Å²) in [5.41, 5.74) is 1.93. The average molecular weight is 219 g/mol. The summed E-state index contributed by atoms with van der Waals surface area (Å²) in [7, 11) is 0. The van der Waals surface area contributed by atoms with Crippen molar-refractivity contribution in [2.45, 2.75) is 6.92 Å². The topological polar surface area (TPSA) is 49.8 Å². The van der Waals surface area contributed by atoms with Crippen LogP contribution >= 0.6 is 11.6 Å². The molecule has 2 rings (SSSR count). The minimum absolute atomic E-state index is 0.203. The van der Waals surface area contributed by atoms with Crippen molar-refractivity contribution < 1.29 is 4.42 Å². The first-order valence-electron chi connectivity index (χ1n) is 4.33. The van der Waals surface area contributed by atoms with Gasteiger partial charge in [0.25, 0.3) is 0 Å². The average Bonchev–Trinajstić information content (AvgIpc) is 2.74. The van der Waals surface area contributed by atoms with Crippen LogP contribution in [0.25, 0.3) is 11.3 Å². The summed E-state index contributed by atoms with van der Waals surface area (Å²) in [5.74, 6) is 0.633. The van der Waals surface area contributed by atoms with Gasteiger partial charge in [0.05, 0.1) is 6.26 Å². The van der Waals surface area contributed by atoms with Crippen molar-refractivity contribution in [3.05, 3.63) is 40.9 Å². The number of hydrogen-bond donors (Lipinski definition) is 0. The first-order chi connectivity index (χ1) is 7.24. The van der Waals surface area contributed by atoms with Gasteiger partial charge in [0, 0.05) is 11.8 Å². The summed E-state index contributed by atoms with van der Waals surface area (Å²) >= 11 is 5.84. The van der Waals surface area contributed by atoms with Gasteiger partial charge in [-0.25, -0.2) is 4.98 Å². The molecule has 0 unspecified atom stereocenters. The predicted molar refractivity (Wildman–Crippen MR) is 56.4 cm³/mol. The van der Waals surface area contributed by atoms with Gasteiger partial charge in [-0.15, -0.1) is 0 Å². The summed E-state index contributed by atoms with van der Waals surface area (Å²) in [5, 5.41) is 9.21. The summed E-state index contributed by atoms with van der Waals surface area (Å²) < 4.78 is 5.26. The SMILES string of the molecule is Cc1cnc(Cl)c(C#N)c1-c1ccco1. The Balaban J connectivity index is 2.76. The van der Waals surface area contributed by atoms with E-state index in [1.165, 1.54) is 0 Å². The van der Waals surface area contributed by atoms with Crippen LogP contribution in [0.15, 0.2) is 29.0 Å². The Morgan fingerprint density at radius 1 is 1.53 bits per heavy atom. The number of rotatable bonds is 1. The molecule has 0 aliphatic rings. The maximum Gasteiger partial charge on any atom is 0.147 e. The van der Waals surface area contributed by atoms with Crippen LogP contribution in [0.1, 0.15) is 11.1 Å². The molecule has 2 aromatic rings. The molecule has 2 heterocycles. The summed E-state index contributed by atoms with van der Waals surface area (Å²) in [6.07, 6.45) is 3.19. The molecule has 15 heavy (non-hydrogen) atoms. The second-order valence-corrected chi connectivity index (χ2v) is 3.43. The lowest BCUT2D eigenvalue weighted by atomic mass is 10.0. The third kappa shape index (κ3) is 1.60. The van der Waals surface area contributed by atoms with E-state index in [0.717, 1.165) is 5.56 Å². The van der Waals surface area contributed by atoms with Crippen molar-refractivity contribution in [1.29, 1.82) is 5.26 Å². The highest BCUT2D eigenvalue weighted by molar-refractivity contribution is 6.31. The number of nitriles is 1. The maximum absolute atomic E-state index is 9.01. The Hall–Kier alpha value is -1.79. The Kier molecular flexibility index (Phi) is 2.44. The molecule has 0 N–H and O–H groups in total. The second-order valence-electron chi connectivity index (χ2n) is 3.07. The predicted octanol–water partition coefficient (Wildman–Crippen LogP) is 3.18. The van der Waals surface area contributed by atoms with Crippen molar-refractivity contribution in [2.24, 2.45) is 0 Å². The van der Waals surface area contributed by atoms with Crippen LogP contribution in [0.2, 0.25) is 5.15 Å². The van der Waals surface area contributed by atoms with E-state index in [-0.39, 0.29) is 5.15 Å². The van der Waals surface area contributed by atoms with Gasteiger partial charge >= 0.3 is 0 Å². The minimum Gasteiger partial charge on any atom is -0.464 e. The smallest absolute Gasteiger partial charge is 0.147 e. The van der Waals surface area contributed by atoms with Gasteiger partial charge in [-0.2, -0.15) is 5.26 Å². The molecular weight excluding hydrogens is 212 g/mol. The molecule has 0 amide bonds. The zero-order valence-corrected chi connectivity index (χ0v) is 8.75. The van der Waals surface area contributed by atoms with Crippen molar-refractivity contribution in [3.63, 3.8) is 0 Å². The normalized spacial score (nSPS) is 9.93. The number of aromatic nitrogens is 1. The Labute approximate surface area is 91.9 Å². The lowest BCUT2D eigenvalue weighted by molar-refractivity contribution is 0.581. The number of furan rings is 1. The molecule has 0 saturated heterocycles. The van der Waals surface area contributed by atoms with E-state index in [2.05, 4.69) is 4.98 Å². The van der Waals surface area contributed by atoms with Crippen molar-refractivity contribution in [1.82, 2.24) is 4.98 Å². The zero-order valence-electron chi connectivity index (χ0n) is 7.99. The lowest BCUT2D eigenvalue weighted by Gasteiger charge is -2.05. The van der Waals surface area contributed by atoms with Gasteiger partial charge in [-0.05, 0) is 24.6 Å². The Morgan fingerprint density at radius 3 is 2.93 bits per heavy atom. The third-order valence-electron chi connectivity index (χ3n) is 2.10. The van der Waals surface area contributed by atoms with Crippen molar-refractivity contribution in [3.8, 4) is 17.4 Å². The first-order valence-corrected chi connectivity index (χ1v) is 4.71. The summed E-state index contributed by atoms with van der Waals surface area (Å²) in [6, 6.07) is 5.60. The molecule has 0 aliphatic carbocycles. The molecule has 3 nitrogen and oxygen atoms in total. The fourth-order valence-corrected chi connectivity index (χ4v) is 1.61. The van der Waals surface area contributed by atoms with E-state index in [9.17, 15) is 0 Å². The van der Waals surface area contributed by atoms with Gasteiger partial charge in [0.15, 0.2) is 0 Å². The van der Waals surface area contributed by atoms with Gasteiger partial charge in [-0.3, -0.25) is 0 Å². The Bertz CT molecular complexity index is 526. The highest BCUT2D eigenvalue weighted by Gasteiger charge is 2.14. The number of halogens is 1. The van der Waals surface area contributed by atoms with Crippen LogP contribution in [0.3, 0.4) is 0 Å². The largest absolute Gasteiger partial charge is 0.464 e. The molecule has 0 radical (unpaired) electrons. The molecule has 0 saturated carbocycles. The van der Waals surface area contributed by atoms with Crippen molar-refractivity contribution >= 4 is 11.6 Å². The molecule has 4 heteroatoms. The van der Waals surface area contributed by atoms with E-state index in [1.54, 1.807) is 24.6 Å². The van der Waals surface area contributed by atoms with Gasteiger partial charge in [-0.1, -0.05) is 11.6 Å². The molecule has 0 aromatic carbocycles. The second kappa shape index (κ2) is 3.76. The van der Waals surface area contributed by atoms with Crippen LogP contribution < -0.4 is 0 Å². The monoisotopic (exact) mass is 218 g/mol. The van der Waals surface area contributed by atoms with E-state index in [0.29, 0.717) is 16.9 Å². The molecular formula is C11H7ClN2O. The van der Waals surface area contributed by atoms with Gasteiger partial charge < -0.3 is 4.42 Å². The molecule has 74 valence electrons. The number of aryl methyl sites for hydroxylation is 1. The van der Waals surface area contributed by atoms with E-state index in [4.69, 9.17) is 21.3 Å². The fraction of sp³-hybridized carbons (Fsp3) is 0.0909. The standard InChI is InChI=1S/C11H7ClN2O/c1-7-6-14-11(12)8(5-13)10(7)9-3-2-4-15-9/h2-4,6H,1H3. The fourth-order valence-electron chi connectivity index (χ4n) is 1.42. The van der Waals surface area contributed by atoms with E-state index >= 15 is 0 Å². The zero-order chi connectivity index (χ0) is 10.8. The van der Waals surface area contributed by atoms with Gasteiger partial charge in [0.1, 0.15) is 22.5 Å². The van der Waals surface area contributed by atoms with Crippen LogP contribution in [-0.4, -0.2) is 4.98 Å². The van der Waals surface area contributed by atoms with Gasteiger partial charge in [0.2, 0.25) is 0 Å². The minimum atomic E-state index is 0.203. The third-order valence-corrected chi connectivity index (χ3v) is 2.39. The number of nitrogens with zero attached hydrogens (tertiary/aromatic N) is 2. The molecule has 2 aromatic heterocycles. The quantitative estimate of drug-likeness (QED) is 0.691. The lowest BCUT2D eigenvalue weighted by Crippen LogP contribution is -1.91. The van der Waals surface area contributed by atoms with Crippen LogP contribution in [0.5, 0.6) is 0 Å². The first kappa shape index (κ1) is 9.75. The summed E-state index contributed by atoms with van der Waals surface area (Å²) in [4.78, 5) is 3.92. The van der Waals surface area contributed by atoms with E-state index < -0.39 is 0 Å². The molecule has 0 atom stereocenters. The molecule has 0 fully saturated rings. The van der Waals surface area contributed by atoms with Crippen LogP contribution in [-0.2, 0) is 0 Å². The maximum atomic E-state index is 9.01. The van der Waals surface area contributed by atoms with Crippen molar-refractivity contribution in [2.75, 3.05) is 0 Å². The highest BCUT2D eigenvalue weighted by atomic mass is 35.5. The molecule has 0 bridgehead atoms. The summed E-state index contributed by atoms with van der Waals surface area (Å²) in [6.45, 7) is 1.86.